The minimum atomic E-state index is -3.55. The number of hydrogen-bond acceptors (Lipinski definition) is 4. The van der Waals surface area contributed by atoms with Gasteiger partial charge in [-0.25, -0.2) is 13.1 Å². The summed E-state index contributed by atoms with van der Waals surface area (Å²) in [5.74, 6) is 1.10. The zero-order valence-electron chi connectivity index (χ0n) is 11.4. The lowest BCUT2D eigenvalue weighted by Gasteiger charge is -2.31. The van der Waals surface area contributed by atoms with Crippen LogP contribution in [-0.2, 0) is 16.6 Å². The van der Waals surface area contributed by atoms with E-state index in [2.05, 4.69) is 28.8 Å². The Morgan fingerprint density at radius 1 is 1.37 bits per heavy atom. The molecule has 7 heteroatoms. The van der Waals surface area contributed by atoms with Gasteiger partial charge in [-0.15, -0.1) is 0 Å². The van der Waals surface area contributed by atoms with Gasteiger partial charge in [-0.05, 0) is 31.1 Å². The Balaban J connectivity index is 2.13. The Labute approximate surface area is 114 Å². The zero-order valence-corrected chi connectivity index (χ0v) is 12.2. The van der Waals surface area contributed by atoms with E-state index in [0.29, 0.717) is 17.4 Å². The van der Waals surface area contributed by atoms with Crippen molar-refractivity contribution in [3.63, 3.8) is 0 Å². The lowest BCUT2D eigenvalue weighted by atomic mass is 9.81. The first-order chi connectivity index (χ1) is 8.92. The van der Waals surface area contributed by atoms with E-state index >= 15 is 0 Å². The van der Waals surface area contributed by atoms with Crippen molar-refractivity contribution in [1.29, 1.82) is 0 Å². The van der Waals surface area contributed by atoms with Crippen molar-refractivity contribution in [2.75, 3.05) is 0 Å². The second-order valence-electron chi connectivity index (χ2n) is 5.66. The summed E-state index contributed by atoms with van der Waals surface area (Å²) in [6.45, 7) is 4.49. The van der Waals surface area contributed by atoms with Crippen LogP contribution < -0.4 is 10.5 Å². The standard InChI is InChI=1S/C12H22N4O2S/c1-8-3-9(2)5-11(4-8)16-19(17,18)12-10(6-13)7-14-15-12/h7-9,11,16H,3-6,13H2,1-2H3,(H,14,15). The molecule has 108 valence electrons. The van der Waals surface area contributed by atoms with Crippen molar-refractivity contribution in [2.24, 2.45) is 17.6 Å². The Kier molecular flexibility index (Phi) is 4.27. The SMILES string of the molecule is CC1CC(C)CC(NS(=O)(=O)c2[nH]ncc2CN)C1. The number of nitrogens with two attached hydrogens (primary N) is 1. The van der Waals surface area contributed by atoms with Crippen LogP contribution in [0.2, 0.25) is 0 Å². The van der Waals surface area contributed by atoms with Crippen molar-refractivity contribution in [3.05, 3.63) is 11.8 Å². The van der Waals surface area contributed by atoms with Gasteiger partial charge in [-0.2, -0.15) is 5.10 Å². The first-order valence-corrected chi connectivity index (χ1v) is 8.15. The van der Waals surface area contributed by atoms with Gasteiger partial charge in [0.05, 0.1) is 6.20 Å². The van der Waals surface area contributed by atoms with E-state index in [4.69, 9.17) is 5.73 Å². The van der Waals surface area contributed by atoms with Gasteiger partial charge in [0.1, 0.15) is 0 Å². The summed E-state index contributed by atoms with van der Waals surface area (Å²) in [4.78, 5) is 0. The molecule has 1 aliphatic rings. The first kappa shape index (κ1) is 14.5. The second kappa shape index (κ2) is 5.60. The lowest BCUT2D eigenvalue weighted by Crippen LogP contribution is -2.40. The minimum Gasteiger partial charge on any atom is -0.326 e. The van der Waals surface area contributed by atoms with Crippen LogP contribution in [0.4, 0.5) is 0 Å². The minimum absolute atomic E-state index is 0.00215. The summed E-state index contributed by atoms with van der Waals surface area (Å²) in [6, 6.07) is -0.00215. The number of rotatable bonds is 4. The molecule has 0 saturated heterocycles. The molecule has 19 heavy (non-hydrogen) atoms. The van der Waals surface area contributed by atoms with Crippen LogP contribution in [0.5, 0.6) is 0 Å². The highest BCUT2D eigenvalue weighted by Crippen LogP contribution is 2.29. The molecule has 1 aromatic heterocycles. The highest BCUT2D eigenvalue weighted by atomic mass is 32.2. The molecule has 0 amide bonds. The summed E-state index contributed by atoms with van der Waals surface area (Å²) >= 11 is 0. The van der Waals surface area contributed by atoms with E-state index < -0.39 is 10.0 Å². The van der Waals surface area contributed by atoms with E-state index in [1.807, 2.05) is 0 Å². The van der Waals surface area contributed by atoms with Gasteiger partial charge in [0.2, 0.25) is 0 Å². The Hall–Kier alpha value is -0.920. The van der Waals surface area contributed by atoms with Crippen molar-refractivity contribution in [3.8, 4) is 0 Å². The van der Waals surface area contributed by atoms with Gasteiger partial charge in [-0.1, -0.05) is 13.8 Å². The molecule has 0 bridgehead atoms. The number of aromatic amines is 1. The average molecular weight is 286 g/mol. The van der Waals surface area contributed by atoms with E-state index in [1.165, 1.54) is 6.20 Å². The predicted octanol–water partition coefficient (Wildman–Crippen LogP) is 0.971. The van der Waals surface area contributed by atoms with Gasteiger partial charge < -0.3 is 5.73 Å². The number of H-pyrrole nitrogens is 1. The van der Waals surface area contributed by atoms with Gasteiger partial charge in [-0.3, -0.25) is 5.10 Å². The summed E-state index contributed by atoms with van der Waals surface area (Å²) in [7, 11) is -3.55. The van der Waals surface area contributed by atoms with Crippen molar-refractivity contribution < 1.29 is 8.42 Å². The lowest BCUT2D eigenvalue weighted by molar-refractivity contribution is 0.257. The number of aromatic nitrogens is 2. The first-order valence-electron chi connectivity index (χ1n) is 6.67. The molecule has 1 fully saturated rings. The largest absolute Gasteiger partial charge is 0.326 e. The summed E-state index contributed by atoms with van der Waals surface area (Å²) in [6.07, 6.45) is 4.39. The molecule has 0 radical (unpaired) electrons. The molecule has 1 aromatic rings. The maximum Gasteiger partial charge on any atom is 0.258 e. The van der Waals surface area contributed by atoms with Crippen LogP contribution in [0.15, 0.2) is 11.2 Å². The smallest absolute Gasteiger partial charge is 0.258 e. The molecule has 6 nitrogen and oxygen atoms in total. The Morgan fingerprint density at radius 2 is 2.00 bits per heavy atom. The summed E-state index contributed by atoms with van der Waals surface area (Å²) < 4.78 is 27.4. The maximum absolute atomic E-state index is 12.3. The summed E-state index contributed by atoms with van der Waals surface area (Å²) in [5.41, 5.74) is 6.03. The molecule has 1 heterocycles. The van der Waals surface area contributed by atoms with Crippen LogP contribution in [-0.4, -0.2) is 24.7 Å². The molecule has 4 N–H and O–H groups in total. The third kappa shape index (κ3) is 3.34. The molecule has 0 aromatic carbocycles. The normalized spacial score (nSPS) is 28.5. The highest BCUT2D eigenvalue weighted by Gasteiger charge is 2.29. The highest BCUT2D eigenvalue weighted by molar-refractivity contribution is 7.89. The van der Waals surface area contributed by atoms with E-state index in [9.17, 15) is 8.42 Å². The van der Waals surface area contributed by atoms with Crippen molar-refractivity contribution in [1.82, 2.24) is 14.9 Å². The number of sulfonamides is 1. The monoisotopic (exact) mass is 286 g/mol. The van der Waals surface area contributed by atoms with Gasteiger partial charge in [0.25, 0.3) is 10.0 Å². The van der Waals surface area contributed by atoms with Gasteiger partial charge in [0, 0.05) is 18.2 Å². The third-order valence-electron chi connectivity index (χ3n) is 3.67. The van der Waals surface area contributed by atoms with Gasteiger partial charge in [0.15, 0.2) is 5.03 Å². The Morgan fingerprint density at radius 3 is 2.58 bits per heavy atom. The van der Waals surface area contributed by atoms with Crippen LogP contribution >= 0.6 is 0 Å². The fourth-order valence-electron chi connectivity index (χ4n) is 3.00. The predicted molar refractivity (Wildman–Crippen MR) is 72.8 cm³/mol. The quantitative estimate of drug-likeness (QED) is 0.767. The molecule has 0 aliphatic heterocycles. The van der Waals surface area contributed by atoms with E-state index in [0.717, 1.165) is 19.3 Å². The second-order valence-corrected chi connectivity index (χ2v) is 7.31. The maximum atomic E-state index is 12.3. The van der Waals surface area contributed by atoms with Crippen LogP contribution in [0.25, 0.3) is 0 Å². The number of nitrogens with one attached hydrogen (secondary N) is 2. The average Bonchev–Trinajstić information content (AvgIpc) is 2.75. The number of nitrogens with zero attached hydrogens (tertiary/aromatic N) is 1. The molecule has 1 aliphatic carbocycles. The fourth-order valence-corrected chi connectivity index (χ4v) is 4.40. The van der Waals surface area contributed by atoms with Crippen molar-refractivity contribution >= 4 is 10.0 Å². The Bertz CT molecular complexity index is 516. The van der Waals surface area contributed by atoms with Crippen LogP contribution in [0.1, 0.15) is 38.7 Å². The van der Waals surface area contributed by atoms with E-state index in [1.54, 1.807) is 0 Å². The molecular weight excluding hydrogens is 264 g/mol. The molecule has 1 saturated carbocycles. The topological polar surface area (TPSA) is 101 Å². The molecule has 0 spiro atoms. The molecule has 2 atom stereocenters. The molecule has 2 rings (SSSR count). The zero-order chi connectivity index (χ0) is 14.0. The molecule has 2 unspecified atom stereocenters. The van der Waals surface area contributed by atoms with Crippen LogP contribution in [0, 0.1) is 11.8 Å². The van der Waals surface area contributed by atoms with E-state index in [-0.39, 0.29) is 17.6 Å². The van der Waals surface area contributed by atoms with Crippen molar-refractivity contribution in [2.45, 2.75) is 50.7 Å². The summed E-state index contributed by atoms with van der Waals surface area (Å²) in [5, 5.41) is 6.38. The number of hydrogen-bond donors (Lipinski definition) is 3. The third-order valence-corrected chi connectivity index (χ3v) is 5.20. The van der Waals surface area contributed by atoms with Crippen LogP contribution in [0.3, 0.4) is 0 Å². The fraction of sp³-hybridized carbons (Fsp3) is 0.750. The van der Waals surface area contributed by atoms with Gasteiger partial charge >= 0.3 is 0 Å². The molecular formula is C12H22N4O2S.